The summed E-state index contributed by atoms with van der Waals surface area (Å²) in [5, 5.41) is 26.7. The summed E-state index contributed by atoms with van der Waals surface area (Å²) in [6.07, 6.45) is 0. The highest BCUT2D eigenvalue weighted by molar-refractivity contribution is 8.01. The molecule has 15 heteroatoms. The molecule has 33 heavy (non-hydrogen) atoms. The fourth-order valence-electron chi connectivity index (χ4n) is 3.28. The number of nitrogen functional groups attached to an aromatic ring is 1. The van der Waals surface area contributed by atoms with Crippen LogP contribution in [0.2, 0.25) is 0 Å². The van der Waals surface area contributed by atoms with Gasteiger partial charge in [-0.25, -0.2) is 4.79 Å². The first kappa shape index (κ1) is 23.5. The molecule has 174 valence electrons. The van der Waals surface area contributed by atoms with Gasteiger partial charge in [-0.15, -0.1) is 33.3 Å². The lowest BCUT2D eigenvalue weighted by molar-refractivity contribution is -0.150. The van der Waals surface area contributed by atoms with Crippen molar-refractivity contribution in [1.29, 1.82) is 0 Å². The number of fused-ring (bicyclic) bond motifs is 1. The van der Waals surface area contributed by atoms with E-state index in [0.717, 1.165) is 9.35 Å². The Morgan fingerprint density at radius 2 is 2.24 bits per heavy atom. The minimum absolute atomic E-state index is 0.0176. The van der Waals surface area contributed by atoms with Gasteiger partial charge in [-0.05, 0) is 18.6 Å². The molecule has 2 aliphatic rings. The van der Waals surface area contributed by atoms with Crippen LogP contribution in [0.3, 0.4) is 0 Å². The number of hydrogen-bond acceptors (Lipinski definition) is 12. The lowest BCUT2D eigenvalue weighted by Gasteiger charge is -2.49. The number of oxime groups is 1. The number of hydrogen-bond donors (Lipinski definition) is 3. The van der Waals surface area contributed by atoms with Gasteiger partial charge in [0.25, 0.3) is 11.8 Å². The highest BCUT2D eigenvalue weighted by Gasteiger charge is 2.54. The predicted octanol–water partition coefficient (Wildman–Crippen LogP) is 1.37. The number of aromatic nitrogens is 2. The second-order valence-electron chi connectivity index (χ2n) is 6.85. The first-order valence-electron chi connectivity index (χ1n) is 9.39. The van der Waals surface area contributed by atoms with E-state index in [1.807, 2.05) is 6.92 Å². The van der Waals surface area contributed by atoms with Gasteiger partial charge >= 0.3 is 5.97 Å². The SMILES string of the molecule is CO/N=C(\C(=O)N[C@H]1C(=O)N2C(C(=O)O)=C(CSc3nnc(C)s3)CS[C@@H]12)c1csc(N)c1. The lowest BCUT2D eigenvalue weighted by Crippen LogP contribution is -2.71. The quantitative estimate of drug-likeness (QED) is 0.198. The summed E-state index contributed by atoms with van der Waals surface area (Å²) in [6.45, 7) is 1.84. The van der Waals surface area contributed by atoms with Crippen molar-refractivity contribution in [3.05, 3.63) is 33.3 Å². The molecule has 4 heterocycles. The monoisotopic (exact) mass is 526 g/mol. The Balaban J connectivity index is 1.49. The number of carboxylic acid groups (broad SMARTS) is 1. The van der Waals surface area contributed by atoms with E-state index < -0.39 is 29.2 Å². The largest absolute Gasteiger partial charge is 0.477 e. The molecule has 0 saturated carbocycles. The number of thiophene rings is 1. The summed E-state index contributed by atoms with van der Waals surface area (Å²) in [5.41, 5.74) is 6.77. The van der Waals surface area contributed by atoms with Crippen LogP contribution in [0.5, 0.6) is 0 Å². The van der Waals surface area contributed by atoms with Crippen LogP contribution in [0, 0.1) is 6.92 Å². The van der Waals surface area contributed by atoms with Crippen LogP contribution in [-0.2, 0) is 19.2 Å². The Morgan fingerprint density at radius 3 is 2.85 bits per heavy atom. The van der Waals surface area contributed by atoms with Crippen molar-refractivity contribution in [2.24, 2.45) is 5.16 Å². The molecular formula is C18H18N6O5S4. The molecule has 0 aliphatic carbocycles. The summed E-state index contributed by atoms with van der Waals surface area (Å²) in [6, 6.07) is 0.705. The average Bonchev–Trinajstić information content (AvgIpc) is 3.40. The van der Waals surface area contributed by atoms with Gasteiger partial charge in [-0.3, -0.25) is 14.5 Å². The third-order valence-corrected chi connectivity index (χ3v) is 8.86. The van der Waals surface area contributed by atoms with E-state index in [-0.39, 0.29) is 11.4 Å². The van der Waals surface area contributed by atoms with Crippen LogP contribution in [0.15, 0.2) is 32.2 Å². The molecule has 4 N–H and O–H groups in total. The van der Waals surface area contributed by atoms with E-state index in [0.29, 0.717) is 27.6 Å². The van der Waals surface area contributed by atoms with Crippen LogP contribution < -0.4 is 11.1 Å². The fraction of sp³-hybridized carbons (Fsp3) is 0.333. The highest BCUT2D eigenvalue weighted by atomic mass is 32.2. The average molecular weight is 527 g/mol. The number of carbonyl (C=O) groups is 3. The number of nitrogens with two attached hydrogens (primary N) is 1. The number of rotatable bonds is 8. The molecule has 1 fully saturated rings. The van der Waals surface area contributed by atoms with Gasteiger partial charge < -0.3 is 21.0 Å². The maximum atomic E-state index is 12.9. The standard InChI is InChI=1S/C18H18N6O5S4/c1-7-21-22-18(33-7)32-6-9-5-31-16-12(15(26)24(16)13(9)17(27)28)20-14(25)11(23-29-2)8-3-10(19)30-4-8/h3-4,12,16H,5-6,19H2,1-2H3,(H,20,25)(H,27,28)/b23-11-/t12-,16-/m0/s1. The summed E-state index contributed by atoms with van der Waals surface area (Å²) in [7, 11) is 1.31. The molecule has 2 aliphatic heterocycles. The predicted molar refractivity (Wildman–Crippen MR) is 127 cm³/mol. The maximum Gasteiger partial charge on any atom is 0.352 e. The number of carbonyl (C=O) groups excluding carboxylic acids is 2. The first-order valence-corrected chi connectivity index (χ1v) is 13.1. The van der Waals surface area contributed by atoms with Gasteiger partial charge in [-0.1, -0.05) is 28.3 Å². The molecule has 1 saturated heterocycles. The second-order valence-corrected chi connectivity index (χ2v) is 11.3. The number of thioether (sulfide) groups is 2. The molecule has 0 bridgehead atoms. The summed E-state index contributed by atoms with van der Waals surface area (Å²) >= 11 is 5.44. The van der Waals surface area contributed by atoms with Gasteiger partial charge in [-0.2, -0.15) is 0 Å². The van der Waals surface area contributed by atoms with Gasteiger partial charge in [0.1, 0.15) is 29.2 Å². The molecule has 2 atom stereocenters. The summed E-state index contributed by atoms with van der Waals surface area (Å²) in [4.78, 5) is 43.7. The topological polar surface area (TPSA) is 160 Å². The maximum absolute atomic E-state index is 12.9. The van der Waals surface area contributed by atoms with Gasteiger partial charge in [0.15, 0.2) is 10.1 Å². The van der Waals surface area contributed by atoms with Gasteiger partial charge in [0.05, 0.1) is 5.00 Å². The van der Waals surface area contributed by atoms with E-state index in [4.69, 9.17) is 10.6 Å². The first-order chi connectivity index (χ1) is 15.8. The molecule has 11 nitrogen and oxygen atoms in total. The molecule has 4 rings (SSSR count). The van der Waals surface area contributed by atoms with E-state index >= 15 is 0 Å². The minimum atomic E-state index is -1.18. The van der Waals surface area contributed by atoms with E-state index in [1.165, 1.54) is 58.2 Å². The van der Waals surface area contributed by atoms with E-state index in [9.17, 15) is 19.5 Å². The lowest BCUT2D eigenvalue weighted by atomic mass is 10.0. The highest BCUT2D eigenvalue weighted by Crippen LogP contribution is 2.41. The Kier molecular flexibility index (Phi) is 6.92. The third kappa shape index (κ3) is 4.71. The van der Waals surface area contributed by atoms with Crippen molar-refractivity contribution >= 4 is 74.7 Å². The normalized spacial score (nSPS) is 20.4. The molecule has 0 aromatic carbocycles. The van der Waals surface area contributed by atoms with Crippen LogP contribution in [0.25, 0.3) is 0 Å². The smallest absolute Gasteiger partial charge is 0.352 e. The van der Waals surface area contributed by atoms with E-state index in [1.54, 1.807) is 11.4 Å². The number of β-lactam (4-membered cyclic amide) rings is 1. The number of aryl methyl sites for hydroxylation is 1. The zero-order chi connectivity index (χ0) is 23.7. The zero-order valence-corrected chi connectivity index (χ0v) is 20.6. The molecule has 2 aromatic heterocycles. The number of nitrogens with zero attached hydrogens (tertiary/aromatic N) is 4. The van der Waals surface area contributed by atoms with Crippen molar-refractivity contribution in [2.75, 3.05) is 24.3 Å². The summed E-state index contributed by atoms with van der Waals surface area (Å²) < 4.78 is 0.732. The molecule has 0 spiro atoms. The number of carboxylic acids is 1. The number of amides is 2. The molecule has 0 radical (unpaired) electrons. The van der Waals surface area contributed by atoms with Crippen molar-refractivity contribution in [3.8, 4) is 0 Å². The number of aliphatic carboxylic acids is 1. The number of anilines is 1. The van der Waals surface area contributed by atoms with E-state index in [2.05, 4.69) is 20.7 Å². The Bertz CT molecular complexity index is 1170. The van der Waals surface area contributed by atoms with Crippen LogP contribution in [0.4, 0.5) is 5.00 Å². The van der Waals surface area contributed by atoms with Crippen LogP contribution in [0.1, 0.15) is 10.6 Å². The van der Waals surface area contributed by atoms with Crippen LogP contribution >= 0.6 is 46.2 Å². The Morgan fingerprint density at radius 1 is 1.45 bits per heavy atom. The summed E-state index contributed by atoms with van der Waals surface area (Å²) in [5.74, 6) is -1.50. The molecular weight excluding hydrogens is 509 g/mol. The van der Waals surface area contributed by atoms with Crippen molar-refractivity contribution in [3.63, 3.8) is 0 Å². The Labute approximate surface area is 204 Å². The second kappa shape index (κ2) is 9.70. The minimum Gasteiger partial charge on any atom is -0.477 e. The molecule has 2 amide bonds. The third-order valence-electron chi connectivity index (χ3n) is 4.70. The zero-order valence-electron chi connectivity index (χ0n) is 17.3. The van der Waals surface area contributed by atoms with Crippen molar-refractivity contribution in [2.45, 2.75) is 22.7 Å². The number of nitrogens with one attached hydrogen (secondary N) is 1. The molecule has 0 unspecified atom stereocenters. The Hall–Kier alpha value is -2.62. The fourth-order valence-corrected chi connectivity index (χ4v) is 7.22. The van der Waals surface area contributed by atoms with Crippen molar-refractivity contribution in [1.82, 2.24) is 20.4 Å². The van der Waals surface area contributed by atoms with Gasteiger partial charge in [0.2, 0.25) is 0 Å². The molecule has 2 aromatic rings. The van der Waals surface area contributed by atoms with Crippen molar-refractivity contribution < 1.29 is 24.3 Å². The van der Waals surface area contributed by atoms with Crippen LogP contribution in [-0.4, -0.2) is 73.7 Å². The van der Waals surface area contributed by atoms with Gasteiger partial charge in [0, 0.05) is 22.4 Å².